The minimum atomic E-state index is -1.33. The Balaban J connectivity index is 1.90. The van der Waals surface area contributed by atoms with Crippen molar-refractivity contribution >= 4 is 33.2 Å². The summed E-state index contributed by atoms with van der Waals surface area (Å²) >= 11 is 4.75. The maximum absolute atomic E-state index is 12.1. The number of ether oxygens (including phenoxy) is 2. The van der Waals surface area contributed by atoms with Crippen molar-refractivity contribution in [3.8, 4) is 11.1 Å². The summed E-state index contributed by atoms with van der Waals surface area (Å²) in [5.74, 6) is -0.324. The smallest absolute Gasteiger partial charge is 0.338 e. The van der Waals surface area contributed by atoms with Crippen LogP contribution in [-0.2, 0) is 52.4 Å². The number of hydrogen-bond donors (Lipinski definition) is 0. The predicted molar refractivity (Wildman–Crippen MR) is 123 cm³/mol. The van der Waals surface area contributed by atoms with E-state index in [0.717, 1.165) is 38.2 Å². The Morgan fingerprint density at radius 3 is 2.00 bits per heavy atom. The van der Waals surface area contributed by atoms with Crippen molar-refractivity contribution in [2.75, 3.05) is 19.9 Å². The molecule has 0 saturated heterocycles. The van der Waals surface area contributed by atoms with Crippen LogP contribution in [0.2, 0.25) is 0 Å². The minimum Gasteiger partial charge on any atom is -0.463 e. The quantitative estimate of drug-likeness (QED) is 0.373. The lowest BCUT2D eigenvalue weighted by atomic mass is 10.0. The summed E-state index contributed by atoms with van der Waals surface area (Å²) in [6.45, 7) is 2.64. The van der Waals surface area contributed by atoms with Gasteiger partial charge >= 0.3 is 5.97 Å². The van der Waals surface area contributed by atoms with E-state index in [9.17, 15) is 9.36 Å². The normalized spacial score (nSPS) is 13.4. The molecule has 0 fully saturated rings. The predicted octanol–water partition coefficient (Wildman–Crippen LogP) is 5.08. The highest BCUT2D eigenvalue weighted by atomic mass is 32.9. The minimum absolute atomic E-state index is 0.324. The summed E-state index contributed by atoms with van der Waals surface area (Å²) in [6.07, 6.45) is 2.62. The van der Waals surface area contributed by atoms with Gasteiger partial charge in [0, 0.05) is 19.7 Å². The van der Waals surface area contributed by atoms with Crippen molar-refractivity contribution in [1.29, 1.82) is 0 Å². The van der Waals surface area contributed by atoms with E-state index in [1.165, 1.54) is 7.11 Å². The lowest BCUT2D eigenvalue weighted by Crippen LogP contribution is -2.38. The van der Waals surface area contributed by atoms with Crippen molar-refractivity contribution in [2.24, 2.45) is 0 Å². The summed E-state index contributed by atoms with van der Waals surface area (Å²) in [5, 5.41) is 0. The largest absolute Gasteiger partial charge is 0.463 e. The van der Waals surface area contributed by atoms with E-state index in [1.54, 1.807) is 6.92 Å². The molecule has 2 unspecified atom stereocenters. The molecular weight excluding hydrogens is 423 g/mol. The third-order valence-electron chi connectivity index (χ3n) is 5.09. The van der Waals surface area contributed by atoms with Gasteiger partial charge in [-0.25, -0.2) is 4.79 Å². The summed E-state index contributed by atoms with van der Waals surface area (Å²) < 4.78 is 22.1. The highest BCUT2D eigenvalue weighted by Crippen LogP contribution is 2.22. The second-order valence-corrected chi connectivity index (χ2v) is 11.2. The molecule has 2 atom stereocenters. The molecular formula is C22H27O4PS2. The zero-order chi connectivity index (χ0) is 21.3. The molecule has 156 valence electrons. The first-order chi connectivity index (χ1) is 13.9. The van der Waals surface area contributed by atoms with Gasteiger partial charge < -0.3 is 9.47 Å². The average Bonchev–Trinajstić information content (AvgIpc) is 2.77. The number of esters is 1. The fourth-order valence-electron chi connectivity index (χ4n) is 2.77. The number of rotatable bonds is 10. The first-order valence-electron chi connectivity index (χ1n) is 9.57. The Kier molecular flexibility index (Phi) is 9.44. The molecule has 0 N–H and O–H groups in total. The zero-order valence-electron chi connectivity index (χ0n) is 17.1. The van der Waals surface area contributed by atoms with Gasteiger partial charge in [0.2, 0.25) is 0 Å². The lowest BCUT2D eigenvalue weighted by Gasteiger charge is -2.24. The van der Waals surface area contributed by atoms with Crippen LogP contribution in [0.15, 0.2) is 48.5 Å². The highest BCUT2D eigenvalue weighted by Gasteiger charge is 2.32. The van der Waals surface area contributed by atoms with Crippen molar-refractivity contribution in [1.82, 2.24) is 0 Å². The zero-order valence-corrected chi connectivity index (χ0v) is 19.6. The molecule has 2 aromatic rings. The van der Waals surface area contributed by atoms with E-state index in [-0.39, 0.29) is 5.97 Å². The van der Waals surface area contributed by atoms with Gasteiger partial charge in [0.25, 0.3) is 0 Å². The monoisotopic (exact) mass is 450 g/mol. The van der Waals surface area contributed by atoms with Crippen molar-refractivity contribution in [3.05, 3.63) is 59.7 Å². The number of methoxy groups -OCH3 is 1. The molecule has 29 heavy (non-hydrogen) atoms. The molecule has 0 bridgehead atoms. The van der Waals surface area contributed by atoms with Gasteiger partial charge in [0.15, 0.2) is 12.2 Å². The van der Waals surface area contributed by atoms with Gasteiger partial charge in [-0.05, 0) is 62.7 Å². The molecule has 0 aliphatic heterocycles. The van der Waals surface area contributed by atoms with Crippen LogP contribution in [0.5, 0.6) is 0 Å². The van der Waals surface area contributed by atoms with Crippen LogP contribution in [0.4, 0.5) is 0 Å². The Labute approximate surface area is 181 Å². The molecule has 0 aromatic heterocycles. The van der Waals surface area contributed by atoms with Crippen LogP contribution >= 0.6 is 6.58 Å². The van der Waals surface area contributed by atoms with Crippen LogP contribution in [-0.4, -0.2) is 31.4 Å². The highest BCUT2D eigenvalue weighted by molar-refractivity contribution is 8.32. The molecule has 2 aromatic carbocycles. The summed E-state index contributed by atoms with van der Waals surface area (Å²) in [4.78, 5) is 12.1. The van der Waals surface area contributed by atoms with Crippen molar-refractivity contribution in [3.63, 3.8) is 0 Å². The molecule has 0 aliphatic carbocycles. The number of hydrogen-bond acceptors (Lipinski definition) is 5. The fraction of sp³-hybridized carbons (Fsp3) is 0.409. The van der Waals surface area contributed by atoms with E-state index in [2.05, 4.69) is 48.5 Å². The van der Waals surface area contributed by atoms with E-state index in [4.69, 9.17) is 20.7 Å². The fourth-order valence-corrected chi connectivity index (χ4v) is 4.46. The van der Waals surface area contributed by atoms with Crippen LogP contribution in [0, 0.1) is 0 Å². The summed E-state index contributed by atoms with van der Waals surface area (Å²) in [5.41, 5.74) is 3.65. The maximum Gasteiger partial charge on any atom is 0.338 e. The van der Waals surface area contributed by atoms with Gasteiger partial charge in [0.1, 0.15) is 0 Å². The maximum atomic E-state index is 12.1. The van der Waals surface area contributed by atoms with Gasteiger partial charge in [-0.2, -0.15) is 0 Å². The Hall–Kier alpha value is -1.59. The van der Waals surface area contributed by atoms with Crippen LogP contribution in [0.25, 0.3) is 11.1 Å². The molecule has 7 heteroatoms. The van der Waals surface area contributed by atoms with E-state index < -0.39 is 12.2 Å². The standard InChI is InChI=1S/C22H27O4PS2/c1-4-22(2,25-3)21(23)26-15-13-17-5-9-19(10-6-17)20-11-7-18(8-12-20)14-16-27(24)29-28/h5-12H,4,13-16H2,1-3H3. The third-order valence-corrected chi connectivity index (χ3v) is 8.39. The SMILES string of the molecule is CCC(C)(OC)C(=O)OCCc1ccc(-c2ccc(CCP(=O)=S=S)cc2)cc1. The Bertz CT molecular complexity index is 909. The summed E-state index contributed by atoms with van der Waals surface area (Å²) in [6, 6.07) is 16.5. The van der Waals surface area contributed by atoms with Crippen LogP contribution < -0.4 is 0 Å². The van der Waals surface area contributed by atoms with Crippen LogP contribution in [0.1, 0.15) is 31.4 Å². The molecule has 0 radical (unpaired) electrons. The molecule has 2 rings (SSSR count). The van der Waals surface area contributed by atoms with Gasteiger partial charge in [-0.3, -0.25) is 4.57 Å². The van der Waals surface area contributed by atoms with Gasteiger partial charge in [0.05, 0.1) is 6.61 Å². The van der Waals surface area contributed by atoms with E-state index in [1.807, 2.05) is 6.92 Å². The Morgan fingerprint density at radius 1 is 1.03 bits per heavy atom. The molecule has 0 saturated carbocycles. The molecule has 0 spiro atoms. The number of benzene rings is 2. The lowest BCUT2D eigenvalue weighted by molar-refractivity contribution is -0.167. The van der Waals surface area contributed by atoms with Gasteiger partial charge in [-0.1, -0.05) is 55.5 Å². The molecule has 4 nitrogen and oxygen atoms in total. The number of carbonyl (C=O) groups excluding carboxylic acids is 1. The second kappa shape index (κ2) is 11.6. The van der Waals surface area contributed by atoms with Crippen molar-refractivity contribution in [2.45, 2.75) is 38.7 Å². The molecule has 0 heterocycles. The Morgan fingerprint density at radius 2 is 1.55 bits per heavy atom. The number of carbonyl (C=O) groups is 1. The second-order valence-electron chi connectivity index (χ2n) is 6.95. The first-order valence-corrected chi connectivity index (χ1v) is 13.4. The topological polar surface area (TPSA) is 52.6 Å². The summed E-state index contributed by atoms with van der Waals surface area (Å²) in [7, 11) is 2.54. The van der Waals surface area contributed by atoms with E-state index >= 15 is 0 Å². The van der Waals surface area contributed by atoms with E-state index in [0.29, 0.717) is 25.6 Å². The third kappa shape index (κ3) is 7.00. The first kappa shape index (κ1) is 23.7. The molecule has 0 amide bonds. The molecule has 0 aliphatic rings. The van der Waals surface area contributed by atoms with Gasteiger partial charge in [-0.15, -0.1) is 0 Å². The van der Waals surface area contributed by atoms with Crippen molar-refractivity contribution < 1.29 is 18.8 Å². The number of aryl methyl sites for hydroxylation is 1. The van der Waals surface area contributed by atoms with Crippen LogP contribution in [0.3, 0.4) is 0 Å². The average molecular weight is 451 g/mol.